The molecule has 8 heteroatoms. The van der Waals surface area contributed by atoms with Crippen LogP contribution in [0.4, 0.5) is 17.5 Å². The van der Waals surface area contributed by atoms with Gasteiger partial charge in [-0.2, -0.15) is 0 Å². The highest BCUT2D eigenvalue weighted by atomic mass is 16.5. The van der Waals surface area contributed by atoms with Crippen LogP contribution in [0.2, 0.25) is 0 Å². The Morgan fingerprint density at radius 3 is 2.38 bits per heavy atom. The lowest BCUT2D eigenvalue weighted by atomic mass is 10.1. The maximum atomic E-state index is 12.3. The number of anilines is 3. The number of carbonyl (C=O) groups is 1. The van der Waals surface area contributed by atoms with Crippen LogP contribution in [0.5, 0.6) is 0 Å². The Kier molecular flexibility index (Phi) is 5.16. The highest BCUT2D eigenvalue weighted by Gasteiger charge is 2.21. The molecule has 0 saturated carbocycles. The summed E-state index contributed by atoms with van der Waals surface area (Å²) < 4.78 is 4.95. The molecule has 150 valence electrons. The summed E-state index contributed by atoms with van der Waals surface area (Å²) in [7, 11) is 0. The Labute approximate surface area is 169 Å². The molecular weight excluding hydrogens is 368 g/mol. The van der Waals surface area contributed by atoms with Crippen molar-refractivity contribution in [1.82, 2.24) is 15.1 Å². The first-order valence-corrected chi connectivity index (χ1v) is 9.64. The standard InChI is InChI=1S/C21H24N6O2/c1-14-5-4-6-18(16(14)3)26-7-9-27(10-8-26)21-22-12-17(13-23-21)20(28)24-19-11-15(2)29-25-19/h4-6,11-13H,7-10H2,1-3H3,(H,24,25,28). The number of hydrogen-bond donors (Lipinski definition) is 1. The van der Waals surface area contributed by atoms with Crippen LogP contribution in [0.15, 0.2) is 41.2 Å². The van der Waals surface area contributed by atoms with E-state index in [-0.39, 0.29) is 5.91 Å². The van der Waals surface area contributed by atoms with E-state index in [0.717, 1.165) is 26.2 Å². The Morgan fingerprint density at radius 1 is 1.03 bits per heavy atom. The Balaban J connectivity index is 1.37. The van der Waals surface area contributed by atoms with Gasteiger partial charge in [0.2, 0.25) is 5.95 Å². The number of aryl methyl sites for hydroxylation is 2. The second-order valence-corrected chi connectivity index (χ2v) is 7.24. The monoisotopic (exact) mass is 392 g/mol. The molecule has 8 nitrogen and oxygen atoms in total. The van der Waals surface area contributed by atoms with Gasteiger partial charge in [-0.1, -0.05) is 17.3 Å². The minimum atomic E-state index is -0.315. The number of hydrogen-bond acceptors (Lipinski definition) is 7. The lowest BCUT2D eigenvalue weighted by Crippen LogP contribution is -2.47. The van der Waals surface area contributed by atoms with Crippen molar-refractivity contribution in [3.8, 4) is 0 Å². The smallest absolute Gasteiger partial charge is 0.260 e. The fourth-order valence-corrected chi connectivity index (χ4v) is 3.44. The normalized spacial score (nSPS) is 14.2. The van der Waals surface area contributed by atoms with Gasteiger partial charge in [0, 0.05) is 50.3 Å². The average Bonchev–Trinajstić information content (AvgIpc) is 3.15. The first-order chi connectivity index (χ1) is 14.0. The fourth-order valence-electron chi connectivity index (χ4n) is 3.44. The predicted octanol–water partition coefficient (Wildman–Crippen LogP) is 2.97. The summed E-state index contributed by atoms with van der Waals surface area (Å²) in [5.74, 6) is 1.33. The van der Waals surface area contributed by atoms with Gasteiger partial charge in [-0.25, -0.2) is 9.97 Å². The van der Waals surface area contributed by atoms with Gasteiger partial charge in [0.05, 0.1) is 5.56 Å². The Morgan fingerprint density at radius 2 is 1.72 bits per heavy atom. The summed E-state index contributed by atoms with van der Waals surface area (Å²) >= 11 is 0. The van der Waals surface area contributed by atoms with Crippen LogP contribution in [-0.2, 0) is 0 Å². The van der Waals surface area contributed by atoms with Crippen molar-refractivity contribution in [2.45, 2.75) is 20.8 Å². The summed E-state index contributed by atoms with van der Waals surface area (Å²) in [6.07, 6.45) is 3.09. The fraction of sp³-hybridized carbons (Fsp3) is 0.333. The molecule has 1 aliphatic rings. The van der Waals surface area contributed by atoms with Crippen molar-refractivity contribution in [3.05, 3.63) is 59.1 Å². The molecule has 0 atom stereocenters. The molecule has 1 aromatic carbocycles. The van der Waals surface area contributed by atoms with Crippen LogP contribution < -0.4 is 15.1 Å². The van der Waals surface area contributed by atoms with Gasteiger partial charge in [-0.15, -0.1) is 0 Å². The van der Waals surface area contributed by atoms with E-state index in [0.29, 0.717) is 23.1 Å². The summed E-state index contributed by atoms with van der Waals surface area (Å²) in [6.45, 7) is 9.55. The zero-order valence-corrected chi connectivity index (χ0v) is 16.8. The zero-order valence-electron chi connectivity index (χ0n) is 16.8. The predicted molar refractivity (Wildman–Crippen MR) is 112 cm³/mol. The molecule has 1 fully saturated rings. The lowest BCUT2D eigenvalue weighted by Gasteiger charge is -2.37. The van der Waals surface area contributed by atoms with E-state index in [1.165, 1.54) is 16.8 Å². The summed E-state index contributed by atoms with van der Waals surface area (Å²) in [5, 5.41) is 6.42. The van der Waals surface area contributed by atoms with Gasteiger partial charge in [0.15, 0.2) is 5.82 Å². The number of nitrogens with one attached hydrogen (secondary N) is 1. The molecule has 3 heterocycles. The van der Waals surface area contributed by atoms with E-state index in [1.807, 2.05) is 0 Å². The Hall–Kier alpha value is -3.42. The molecule has 29 heavy (non-hydrogen) atoms. The zero-order chi connectivity index (χ0) is 20.4. The van der Waals surface area contributed by atoms with Crippen molar-refractivity contribution in [3.63, 3.8) is 0 Å². The summed E-state index contributed by atoms with van der Waals surface area (Å²) in [4.78, 5) is 25.6. The molecule has 0 unspecified atom stereocenters. The van der Waals surface area contributed by atoms with E-state index in [9.17, 15) is 4.79 Å². The highest BCUT2D eigenvalue weighted by molar-refractivity contribution is 6.03. The minimum Gasteiger partial charge on any atom is -0.368 e. The molecule has 0 bridgehead atoms. The topological polar surface area (TPSA) is 87.4 Å². The summed E-state index contributed by atoms with van der Waals surface area (Å²) in [6, 6.07) is 8.09. The molecular formula is C21H24N6O2. The number of benzene rings is 1. The molecule has 0 radical (unpaired) electrons. The van der Waals surface area contributed by atoms with E-state index < -0.39 is 0 Å². The van der Waals surface area contributed by atoms with E-state index in [4.69, 9.17) is 4.52 Å². The number of carbonyl (C=O) groups excluding carboxylic acids is 1. The van der Waals surface area contributed by atoms with E-state index >= 15 is 0 Å². The maximum absolute atomic E-state index is 12.3. The van der Waals surface area contributed by atoms with Crippen LogP contribution in [0.25, 0.3) is 0 Å². The number of aromatic nitrogens is 3. The van der Waals surface area contributed by atoms with Gasteiger partial charge in [-0.3, -0.25) is 4.79 Å². The molecule has 2 aromatic heterocycles. The second-order valence-electron chi connectivity index (χ2n) is 7.24. The molecule has 0 aliphatic carbocycles. The third-order valence-corrected chi connectivity index (χ3v) is 5.25. The van der Waals surface area contributed by atoms with Crippen molar-refractivity contribution < 1.29 is 9.32 Å². The van der Waals surface area contributed by atoms with Crippen LogP contribution in [-0.4, -0.2) is 47.2 Å². The van der Waals surface area contributed by atoms with Gasteiger partial charge in [0.25, 0.3) is 5.91 Å². The van der Waals surface area contributed by atoms with Gasteiger partial charge in [-0.05, 0) is 38.0 Å². The van der Waals surface area contributed by atoms with Crippen LogP contribution in [0, 0.1) is 20.8 Å². The molecule has 1 amide bonds. The average molecular weight is 392 g/mol. The number of rotatable bonds is 4. The number of nitrogens with zero attached hydrogens (tertiary/aromatic N) is 5. The van der Waals surface area contributed by atoms with Crippen LogP contribution in [0.3, 0.4) is 0 Å². The number of amides is 1. The van der Waals surface area contributed by atoms with Crippen molar-refractivity contribution in [2.75, 3.05) is 41.3 Å². The lowest BCUT2D eigenvalue weighted by molar-refractivity contribution is 0.102. The summed E-state index contributed by atoms with van der Waals surface area (Å²) in [5.41, 5.74) is 4.31. The largest absolute Gasteiger partial charge is 0.368 e. The van der Waals surface area contributed by atoms with E-state index in [2.05, 4.69) is 62.3 Å². The molecule has 1 saturated heterocycles. The third-order valence-electron chi connectivity index (χ3n) is 5.25. The van der Waals surface area contributed by atoms with E-state index in [1.54, 1.807) is 25.4 Å². The number of piperazine rings is 1. The van der Waals surface area contributed by atoms with Gasteiger partial charge in [0.1, 0.15) is 5.76 Å². The van der Waals surface area contributed by atoms with Crippen molar-refractivity contribution in [2.24, 2.45) is 0 Å². The highest BCUT2D eigenvalue weighted by Crippen LogP contribution is 2.24. The van der Waals surface area contributed by atoms with Gasteiger partial charge >= 0.3 is 0 Å². The first-order valence-electron chi connectivity index (χ1n) is 9.64. The van der Waals surface area contributed by atoms with Crippen LogP contribution >= 0.6 is 0 Å². The Bertz CT molecular complexity index is 1010. The maximum Gasteiger partial charge on any atom is 0.260 e. The molecule has 1 aliphatic heterocycles. The second kappa shape index (κ2) is 7.90. The minimum absolute atomic E-state index is 0.315. The van der Waals surface area contributed by atoms with Crippen molar-refractivity contribution in [1.29, 1.82) is 0 Å². The first kappa shape index (κ1) is 18.9. The molecule has 4 rings (SSSR count). The molecule has 0 spiro atoms. The van der Waals surface area contributed by atoms with Crippen LogP contribution in [0.1, 0.15) is 27.2 Å². The SMILES string of the molecule is Cc1cc(NC(=O)c2cnc(N3CCN(c4cccc(C)c4C)CC3)nc2)no1. The third kappa shape index (κ3) is 4.06. The van der Waals surface area contributed by atoms with Gasteiger partial charge < -0.3 is 19.6 Å². The molecule has 3 aromatic rings. The molecule has 1 N–H and O–H groups in total. The van der Waals surface area contributed by atoms with Crippen molar-refractivity contribution >= 4 is 23.4 Å². The quantitative estimate of drug-likeness (QED) is 0.730.